The van der Waals surface area contributed by atoms with E-state index < -0.39 is 6.09 Å². The topological polar surface area (TPSA) is 64.1 Å². The molecule has 0 bridgehead atoms. The van der Waals surface area contributed by atoms with Crippen LogP contribution < -0.4 is 5.32 Å². The fourth-order valence-electron chi connectivity index (χ4n) is 1.40. The highest BCUT2D eigenvalue weighted by Gasteiger charge is 2.06. The Morgan fingerprint density at radius 3 is 2.68 bits per heavy atom. The van der Waals surface area contributed by atoms with Crippen LogP contribution in [0.25, 0.3) is 0 Å². The second-order valence-corrected chi connectivity index (χ2v) is 4.07. The number of ether oxygens (including phenoxy) is 1. The van der Waals surface area contributed by atoms with Crippen LogP contribution in [0, 0.1) is 0 Å². The molecule has 0 aliphatic carbocycles. The van der Waals surface area contributed by atoms with Crippen LogP contribution in [0.5, 0.6) is 0 Å². The molecule has 5 nitrogen and oxygen atoms in total. The molecule has 0 unspecified atom stereocenters. The molecule has 1 N–H and O–H groups in total. The van der Waals surface area contributed by atoms with E-state index in [9.17, 15) is 4.79 Å². The first-order valence-electron chi connectivity index (χ1n) is 5.65. The molecule has 0 saturated carbocycles. The lowest BCUT2D eigenvalue weighted by molar-refractivity contribution is 0.139. The number of hydrogen-bond donors (Lipinski definition) is 1. The van der Waals surface area contributed by atoms with E-state index in [4.69, 9.17) is 16.3 Å². The summed E-state index contributed by atoms with van der Waals surface area (Å²) in [7, 11) is 0. The van der Waals surface area contributed by atoms with Gasteiger partial charge in [0, 0.05) is 12.4 Å². The average Bonchev–Trinajstić information content (AvgIpc) is 2.45. The molecule has 2 rings (SSSR count). The summed E-state index contributed by atoms with van der Waals surface area (Å²) < 4.78 is 5.05. The molecule has 0 saturated heterocycles. The minimum absolute atomic E-state index is 0.181. The minimum atomic E-state index is -0.523. The average molecular weight is 278 g/mol. The molecule has 0 aliphatic rings. The second kappa shape index (κ2) is 6.70. The van der Waals surface area contributed by atoms with E-state index in [1.807, 2.05) is 30.3 Å². The van der Waals surface area contributed by atoms with Gasteiger partial charge in [0.05, 0.1) is 12.2 Å². The summed E-state index contributed by atoms with van der Waals surface area (Å²) in [5.74, 6) is 0. The van der Waals surface area contributed by atoms with Crippen molar-refractivity contribution < 1.29 is 9.53 Å². The highest BCUT2D eigenvalue weighted by molar-refractivity contribution is 6.29. The van der Waals surface area contributed by atoms with Gasteiger partial charge in [0.25, 0.3) is 0 Å². The van der Waals surface area contributed by atoms with Crippen molar-refractivity contribution in [3.63, 3.8) is 0 Å². The summed E-state index contributed by atoms with van der Waals surface area (Å²) in [4.78, 5) is 19.3. The van der Waals surface area contributed by atoms with Crippen LogP contribution in [0.3, 0.4) is 0 Å². The fraction of sp³-hybridized carbons (Fsp3) is 0.154. The monoisotopic (exact) mass is 277 g/mol. The maximum absolute atomic E-state index is 11.5. The van der Waals surface area contributed by atoms with Gasteiger partial charge in [-0.3, -0.25) is 4.98 Å². The zero-order valence-corrected chi connectivity index (χ0v) is 10.8. The third kappa shape index (κ3) is 4.22. The van der Waals surface area contributed by atoms with Crippen LogP contribution in [0.15, 0.2) is 42.7 Å². The van der Waals surface area contributed by atoms with Gasteiger partial charge in [-0.15, -0.1) is 0 Å². The van der Waals surface area contributed by atoms with Gasteiger partial charge < -0.3 is 10.1 Å². The maximum atomic E-state index is 11.5. The van der Waals surface area contributed by atoms with Gasteiger partial charge in [0.1, 0.15) is 6.61 Å². The Hall–Kier alpha value is -2.14. The van der Waals surface area contributed by atoms with Crippen molar-refractivity contribution in [3.8, 4) is 0 Å². The first-order valence-corrected chi connectivity index (χ1v) is 6.03. The molecule has 6 heteroatoms. The van der Waals surface area contributed by atoms with Crippen LogP contribution in [-0.4, -0.2) is 16.1 Å². The van der Waals surface area contributed by atoms with Gasteiger partial charge in [0.15, 0.2) is 5.15 Å². The molecule has 98 valence electrons. The molecule has 0 aliphatic heterocycles. The van der Waals surface area contributed by atoms with Crippen molar-refractivity contribution in [1.82, 2.24) is 15.3 Å². The van der Waals surface area contributed by atoms with Gasteiger partial charge in [-0.2, -0.15) is 0 Å². The molecule has 19 heavy (non-hydrogen) atoms. The summed E-state index contributed by atoms with van der Waals surface area (Å²) in [6.45, 7) is 0.404. The van der Waals surface area contributed by atoms with Crippen LogP contribution >= 0.6 is 11.6 Å². The second-order valence-electron chi connectivity index (χ2n) is 3.71. The molecule has 0 spiro atoms. The lowest BCUT2D eigenvalue weighted by Crippen LogP contribution is -2.24. The predicted molar refractivity (Wildman–Crippen MR) is 70.5 cm³/mol. The van der Waals surface area contributed by atoms with Gasteiger partial charge in [-0.05, 0) is 5.56 Å². The number of halogens is 1. The lowest BCUT2D eigenvalue weighted by Gasteiger charge is -2.07. The first kappa shape index (κ1) is 13.3. The Morgan fingerprint density at radius 1 is 1.21 bits per heavy atom. The quantitative estimate of drug-likeness (QED) is 0.933. The molecule has 0 radical (unpaired) electrons. The van der Waals surface area contributed by atoms with Gasteiger partial charge in [0.2, 0.25) is 0 Å². The smallest absolute Gasteiger partial charge is 0.407 e. The third-order valence-electron chi connectivity index (χ3n) is 2.34. The summed E-state index contributed by atoms with van der Waals surface area (Å²) in [6.07, 6.45) is 2.48. The van der Waals surface area contributed by atoms with E-state index in [2.05, 4.69) is 15.3 Å². The predicted octanol–water partition coefficient (Wildman–Crippen LogP) is 2.56. The Balaban J connectivity index is 1.78. The number of alkyl carbamates (subject to hydrolysis) is 1. The minimum Gasteiger partial charge on any atom is -0.445 e. The SMILES string of the molecule is O=C(NCc1nccnc1Cl)OCc1ccccc1. The molecule has 0 fully saturated rings. The third-order valence-corrected chi connectivity index (χ3v) is 2.65. The Morgan fingerprint density at radius 2 is 1.95 bits per heavy atom. The fourth-order valence-corrected chi connectivity index (χ4v) is 1.57. The zero-order chi connectivity index (χ0) is 13.5. The molecular weight excluding hydrogens is 266 g/mol. The number of nitrogens with one attached hydrogen (secondary N) is 1. The number of carbonyl (C=O) groups excluding carboxylic acids is 1. The van der Waals surface area contributed by atoms with Gasteiger partial charge >= 0.3 is 6.09 Å². The highest BCUT2D eigenvalue weighted by atomic mass is 35.5. The van der Waals surface area contributed by atoms with Crippen LogP contribution in [0.4, 0.5) is 4.79 Å². The summed E-state index contributed by atoms with van der Waals surface area (Å²) in [6, 6.07) is 9.44. The standard InChI is InChI=1S/C13H12ClN3O2/c14-12-11(15-6-7-16-12)8-17-13(18)19-9-10-4-2-1-3-5-10/h1-7H,8-9H2,(H,17,18). The summed E-state index contributed by atoms with van der Waals surface area (Å²) >= 11 is 5.81. The van der Waals surface area contributed by atoms with Crippen LogP contribution in [-0.2, 0) is 17.9 Å². The van der Waals surface area contributed by atoms with E-state index in [0.29, 0.717) is 5.69 Å². The number of nitrogens with zero attached hydrogens (tertiary/aromatic N) is 2. The number of hydrogen-bond acceptors (Lipinski definition) is 4. The van der Waals surface area contributed by atoms with Gasteiger partial charge in [-0.25, -0.2) is 9.78 Å². The van der Waals surface area contributed by atoms with Crippen molar-refractivity contribution in [2.24, 2.45) is 0 Å². The number of aromatic nitrogens is 2. The number of benzene rings is 1. The van der Waals surface area contributed by atoms with Crippen LogP contribution in [0.2, 0.25) is 5.15 Å². The Labute approximate surface area is 115 Å². The zero-order valence-electron chi connectivity index (χ0n) is 10.0. The molecular formula is C13H12ClN3O2. The van der Waals surface area contributed by atoms with E-state index in [0.717, 1.165) is 5.56 Å². The van der Waals surface area contributed by atoms with Crippen LogP contribution in [0.1, 0.15) is 11.3 Å². The highest BCUT2D eigenvalue weighted by Crippen LogP contribution is 2.07. The number of amides is 1. The van der Waals surface area contributed by atoms with E-state index >= 15 is 0 Å². The Kier molecular flexibility index (Phi) is 4.69. The number of carbonyl (C=O) groups is 1. The summed E-state index contributed by atoms with van der Waals surface area (Å²) in [5, 5.41) is 2.83. The molecule has 1 aromatic heterocycles. The molecule has 0 atom stereocenters. The van der Waals surface area contributed by atoms with Crippen molar-refractivity contribution in [2.75, 3.05) is 0 Å². The van der Waals surface area contributed by atoms with E-state index in [-0.39, 0.29) is 18.3 Å². The maximum Gasteiger partial charge on any atom is 0.407 e. The van der Waals surface area contributed by atoms with E-state index in [1.54, 1.807) is 0 Å². The largest absolute Gasteiger partial charge is 0.445 e. The molecule has 2 aromatic rings. The number of rotatable bonds is 4. The van der Waals surface area contributed by atoms with Crippen molar-refractivity contribution in [3.05, 3.63) is 59.1 Å². The van der Waals surface area contributed by atoms with Crippen molar-refractivity contribution in [1.29, 1.82) is 0 Å². The van der Waals surface area contributed by atoms with E-state index in [1.165, 1.54) is 12.4 Å². The van der Waals surface area contributed by atoms with Crippen molar-refractivity contribution in [2.45, 2.75) is 13.2 Å². The molecule has 1 aromatic carbocycles. The molecule has 1 amide bonds. The van der Waals surface area contributed by atoms with Gasteiger partial charge in [-0.1, -0.05) is 41.9 Å². The Bertz CT molecular complexity index is 549. The lowest BCUT2D eigenvalue weighted by atomic mass is 10.2. The first-order chi connectivity index (χ1) is 9.25. The molecule has 1 heterocycles. The van der Waals surface area contributed by atoms with Crippen molar-refractivity contribution >= 4 is 17.7 Å². The summed E-state index contributed by atoms with van der Waals surface area (Å²) in [5.41, 5.74) is 1.43. The normalized spacial score (nSPS) is 9.95.